The van der Waals surface area contributed by atoms with E-state index < -0.39 is 0 Å². The second kappa shape index (κ2) is 7.34. The highest BCUT2D eigenvalue weighted by atomic mass is 15.3. The summed E-state index contributed by atoms with van der Waals surface area (Å²) in [4.78, 5) is 5.25. The first-order chi connectivity index (χ1) is 8.10. The molecule has 1 aliphatic rings. The Hall–Kier alpha value is -0.120. The van der Waals surface area contributed by atoms with Gasteiger partial charge in [-0.1, -0.05) is 13.3 Å². The predicted octanol–water partition coefficient (Wildman–Crippen LogP) is 1.92. The van der Waals surface area contributed by atoms with Crippen molar-refractivity contribution in [2.75, 3.05) is 39.3 Å². The number of unbranched alkanes of at least 4 members (excludes halogenated alkanes) is 1. The molecule has 1 rings (SSSR count). The van der Waals surface area contributed by atoms with Crippen molar-refractivity contribution in [3.63, 3.8) is 0 Å². The maximum Gasteiger partial charge on any atom is 0.0154 e. The highest BCUT2D eigenvalue weighted by molar-refractivity contribution is 4.85. The molecule has 2 N–H and O–H groups in total. The van der Waals surface area contributed by atoms with Crippen molar-refractivity contribution < 1.29 is 0 Å². The number of nitrogens with two attached hydrogens (primary N) is 1. The summed E-state index contributed by atoms with van der Waals surface area (Å²) in [5.41, 5.74) is 5.92. The lowest BCUT2D eigenvalue weighted by molar-refractivity contribution is 0.0464. The van der Waals surface area contributed by atoms with Crippen molar-refractivity contribution in [1.82, 2.24) is 9.80 Å². The minimum Gasteiger partial charge on any atom is -0.330 e. The third-order valence-corrected chi connectivity index (χ3v) is 4.02. The molecular weight excluding hydrogens is 210 g/mol. The Morgan fingerprint density at radius 3 is 2.24 bits per heavy atom. The number of hydrogen-bond acceptors (Lipinski definition) is 3. The van der Waals surface area contributed by atoms with Gasteiger partial charge in [-0.3, -0.25) is 4.90 Å². The summed E-state index contributed by atoms with van der Waals surface area (Å²) in [5.74, 6) is 0. The van der Waals surface area contributed by atoms with Crippen LogP contribution >= 0.6 is 0 Å². The van der Waals surface area contributed by atoms with E-state index in [1.54, 1.807) is 0 Å². The Labute approximate surface area is 107 Å². The molecular formula is C14H31N3. The fourth-order valence-electron chi connectivity index (χ4n) is 2.83. The van der Waals surface area contributed by atoms with Gasteiger partial charge in [0, 0.05) is 31.7 Å². The number of hydrogen-bond donors (Lipinski definition) is 1. The standard InChI is InChI=1S/C14H31N3/c1-4-7-14(2,3)17-12-10-16(11-13-17)9-6-5-8-15/h4-13,15H2,1-3H3. The molecule has 1 saturated heterocycles. The zero-order valence-electron chi connectivity index (χ0n) is 12.0. The van der Waals surface area contributed by atoms with E-state index in [4.69, 9.17) is 5.73 Å². The van der Waals surface area contributed by atoms with Gasteiger partial charge in [-0.25, -0.2) is 0 Å². The van der Waals surface area contributed by atoms with Gasteiger partial charge in [0.05, 0.1) is 0 Å². The summed E-state index contributed by atoms with van der Waals surface area (Å²) in [7, 11) is 0. The van der Waals surface area contributed by atoms with Gasteiger partial charge in [-0.15, -0.1) is 0 Å². The molecule has 1 fully saturated rings. The average Bonchev–Trinajstić information content (AvgIpc) is 2.30. The van der Waals surface area contributed by atoms with E-state index in [0.29, 0.717) is 5.54 Å². The van der Waals surface area contributed by atoms with E-state index in [-0.39, 0.29) is 0 Å². The monoisotopic (exact) mass is 241 g/mol. The molecule has 3 nitrogen and oxygen atoms in total. The molecule has 0 atom stereocenters. The van der Waals surface area contributed by atoms with Crippen LogP contribution < -0.4 is 5.73 Å². The fraction of sp³-hybridized carbons (Fsp3) is 1.00. The van der Waals surface area contributed by atoms with Crippen LogP contribution in [0.3, 0.4) is 0 Å². The Morgan fingerprint density at radius 2 is 1.71 bits per heavy atom. The largest absolute Gasteiger partial charge is 0.330 e. The van der Waals surface area contributed by atoms with Gasteiger partial charge in [0.15, 0.2) is 0 Å². The van der Waals surface area contributed by atoms with Crippen LogP contribution in [-0.2, 0) is 0 Å². The molecule has 0 bridgehead atoms. The smallest absolute Gasteiger partial charge is 0.0154 e. The van der Waals surface area contributed by atoms with Crippen LogP contribution in [0.4, 0.5) is 0 Å². The molecule has 0 aromatic rings. The van der Waals surface area contributed by atoms with Gasteiger partial charge < -0.3 is 10.6 Å². The Balaban J connectivity index is 2.25. The Kier molecular flexibility index (Phi) is 6.45. The van der Waals surface area contributed by atoms with Crippen LogP contribution in [0.15, 0.2) is 0 Å². The minimum absolute atomic E-state index is 0.387. The summed E-state index contributed by atoms with van der Waals surface area (Å²) >= 11 is 0. The quantitative estimate of drug-likeness (QED) is 0.691. The molecule has 0 saturated carbocycles. The summed E-state index contributed by atoms with van der Waals surface area (Å²) in [6.45, 7) is 14.1. The van der Waals surface area contributed by atoms with Crippen LogP contribution in [0.1, 0.15) is 46.5 Å². The van der Waals surface area contributed by atoms with E-state index in [9.17, 15) is 0 Å². The van der Waals surface area contributed by atoms with E-state index >= 15 is 0 Å². The first-order valence-corrected chi connectivity index (χ1v) is 7.27. The maximum atomic E-state index is 5.53. The van der Waals surface area contributed by atoms with Crippen LogP contribution in [0, 0.1) is 0 Å². The second-order valence-electron chi connectivity index (χ2n) is 5.89. The molecule has 0 amide bonds. The lowest BCUT2D eigenvalue weighted by atomic mass is 9.95. The highest BCUT2D eigenvalue weighted by Crippen LogP contribution is 2.22. The van der Waals surface area contributed by atoms with E-state index in [2.05, 4.69) is 30.6 Å². The minimum atomic E-state index is 0.387. The van der Waals surface area contributed by atoms with Gasteiger partial charge in [-0.2, -0.15) is 0 Å². The van der Waals surface area contributed by atoms with Gasteiger partial charge >= 0.3 is 0 Å². The lowest BCUT2D eigenvalue weighted by Gasteiger charge is -2.44. The molecule has 102 valence electrons. The summed E-state index contributed by atoms with van der Waals surface area (Å²) in [5, 5.41) is 0. The first-order valence-electron chi connectivity index (χ1n) is 7.27. The lowest BCUT2D eigenvalue weighted by Crippen LogP contribution is -2.54. The van der Waals surface area contributed by atoms with E-state index in [0.717, 1.165) is 6.54 Å². The zero-order valence-corrected chi connectivity index (χ0v) is 12.0. The predicted molar refractivity (Wildman–Crippen MR) is 75.3 cm³/mol. The normalized spacial score (nSPS) is 19.8. The second-order valence-corrected chi connectivity index (χ2v) is 5.89. The van der Waals surface area contributed by atoms with E-state index in [1.807, 2.05) is 0 Å². The van der Waals surface area contributed by atoms with Crippen molar-refractivity contribution in [3.8, 4) is 0 Å². The average molecular weight is 241 g/mol. The van der Waals surface area contributed by atoms with Crippen LogP contribution in [0.5, 0.6) is 0 Å². The maximum absolute atomic E-state index is 5.53. The molecule has 1 heterocycles. The summed E-state index contributed by atoms with van der Waals surface area (Å²) < 4.78 is 0. The molecule has 0 aromatic carbocycles. The van der Waals surface area contributed by atoms with Crippen molar-refractivity contribution in [3.05, 3.63) is 0 Å². The van der Waals surface area contributed by atoms with Crippen molar-refractivity contribution in [1.29, 1.82) is 0 Å². The first kappa shape index (κ1) is 14.9. The number of piperazine rings is 1. The number of nitrogens with zero attached hydrogens (tertiary/aromatic N) is 2. The van der Waals surface area contributed by atoms with Gasteiger partial charge in [-0.05, 0) is 46.2 Å². The molecule has 0 radical (unpaired) electrons. The highest BCUT2D eigenvalue weighted by Gasteiger charge is 2.28. The van der Waals surface area contributed by atoms with Crippen molar-refractivity contribution in [2.24, 2.45) is 5.73 Å². The third kappa shape index (κ3) is 4.94. The zero-order chi connectivity index (χ0) is 12.7. The molecule has 1 aliphatic heterocycles. The molecule has 0 aliphatic carbocycles. The topological polar surface area (TPSA) is 32.5 Å². The van der Waals surface area contributed by atoms with Crippen LogP contribution in [0.2, 0.25) is 0 Å². The van der Waals surface area contributed by atoms with E-state index in [1.165, 1.54) is 58.4 Å². The molecule has 17 heavy (non-hydrogen) atoms. The molecule has 0 spiro atoms. The number of rotatable bonds is 7. The van der Waals surface area contributed by atoms with Crippen molar-refractivity contribution >= 4 is 0 Å². The molecule has 0 aromatic heterocycles. The Bertz CT molecular complexity index is 196. The Morgan fingerprint density at radius 1 is 1.06 bits per heavy atom. The summed E-state index contributed by atoms with van der Waals surface area (Å²) in [6.07, 6.45) is 5.01. The summed E-state index contributed by atoms with van der Waals surface area (Å²) in [6, 6.07) is 0. The SMILES string of the molecule is CCCC(C)(C)N1CCN(CCCCN)CC1. The third-order valence-electron chi connectivity index (χ3n) is 4.02. The molecule has 3 heteroatoms. The van der Waals surface area contributed by atoms with Gasteiger partial charge in [0.25, 0.3) is 0 Å². The fourth-order valence-corrected chi connectivity index (χ4v) is 2.83. The van der Waals surface area contributed by atoms with Crippen LogP contribution in [-0.4, -0.2) is 54.6 Å². The van der Waals surface area contributed by atoms with Gasteiger partial charge in [0.2, 0.25) is 0 Å². The van der Waals surface area contributed by atoms with Crippen LogP contribution in [0.25, 0.3) is 0 Å². The van der Waals surface area contributed by atoms with Crippen molar-refractivity contribution in [2.45, 2.75) is 52.0 Å². The van der Waals surface area contributed by atoms with Gasteiger partial charge in [0.1, 0.15) is 0 Å². The molecule has 0 unspecified atom stereocenters.